The molecule has 41 heavy (non-hydrogen) atoms. The standard InChI is InChI=1S/C25H49N9O7/c26-10-4-1-7-18-22(36)29-13-14-40-15-16-41-17-21(35)30-19(8-2-5-11-27)23(37)33-34-24(38)20(9-3-6-12-28)32-25(39)31-18/h18-20H,1-17,26-28H2,(H,29,36)(H,30,35)(H,33,37)(H,34,38)(H2,31,32,39)/t18-,19-,20-/m0/s1. The van der Waals surface area contributed by atoms with Crippen LogP contribution in [0.25, 0.3) is 0 Å². The Bertz CT molecular complexity index is 803. The van der Waals surface area contributed by atoms with Gasteiger partial charge in [-0.25, -0.2) is 4.79 Å². The van der Waals surface area contributed by atoms with E-state index in [9.17, 15) is 24.0 Å². The third-order valence-electron chi connectivity index (χ3n) is 6.20. The summed E-state index contributed by atoms with van der Waals surface area (Å²) < 4.78 is 10.7. The van der Waals surface area contributed by atoms with Crippen molar-refractivity contribution in [2.45, 2.75) is 75.9 Å². The van der Waals surface area contributed by atoms with Crippen molar-refractivity contribution in [1.82, 2.24) is 32.1 Å². The zero-order chi connectivity index (χ0) is 30.3. The average molecular weight is 588 g/mol. The first-order chi connectivity index (χ1) is 19.8. The fourth-order valence-corrected chi connectivity index (χ4v) is 3.93. The van der Waals surface area contributed by atoms with Crippen LogP contribution in [0.1, 0.15) is 57.8 Å². The maximum Gasteiger partial charge on any atom is 0.316 e. The smallest absolute Gasteiger partial charge is 0.316 e. The monoisotopic (exact) mass is 587 g/mol. The number of rotatable bonds is 12. The van der Waals surface area contributed by atoms with Crippen LogP contribution in [0.15, 0.2) is 0 Å². The number of carbonyl (C=O) groups is 5. The molecular formula is C25H49N9O7. The molecule has 236 valence electrons. The number of hydrogen-bond donors (Lipinski definition) is 9. The molecule has 0 aromatic carbocycles. The van der Waals surface area contributed by atoms with Gasteiger partial charge < -0.3 is 47.9 Å². The van der Waals surface area contributed by atoms with Crippen molar-refractivity contribution in [3.05, 3.63) is 0 Å². The second-order valence-corrected chi connectivity index (χ2v) is 9.63. The Morgan fingerprint density at radius 2 is 1.05 bits per heavy atom. The highest BCUT2D eigenvalue weighted by molar-refractivity contribution is 5.92. The summed E-state index contributed by atoms with van der Waals surface area (Å²) in [5.74, 6) is -2.23. The number of ether oxygens (including phenoxy) is 2. The van der Waals surface area contributed by atoms with Crippen LogP contribution in [0.3, 0.4) is 0 Å². The normalized spacial score (nSPS) is 22.7. The number of urea groups is 1. The van der Waals surface area contributed by atoms with Crippen molar-refractivity contribution in [2.75, 3.05) is 52.6 Å². The van der Waals surface area contributed by atoms with Gasteiger partial charge in [-0.1, -0.05) is 0 Å². The molecule has 1 rings (SSSR count). The van der Waals surface area contributed by atoms with Gasteiger partial charge in [0.1, 0.15) is 24.7 Å². The van der Waals surface area contributed by atoms with Crippen LogP contribution in [0, 0.1) is 0 Å². The van der Waals surface area contributed by atoms with E-state index >= 15 is 0 Å². The molecule has 12 N–H and O–H groups in total. The molecule has 0 saturated carbocycles. The average Bonchev–Trinajstić information content (AvgIpc) is 2.95. The summed E-state index contributed by atoms with van der Waals surface area (Å²) in [6.07, 6.45) is 4.51. The Morgan fingerprint density at radius 3 is 1.56 bits per heavy atom. The van der Waals surface area contributed by atoms with Gasteiger partial charge in [-0.2, -0.15) is 0 Å². The lowest BCUT2D eigenvalue weighted by molar-refractivity contribution is -0.134. The quantitative estimate of drug-likeness (QED) is 0.106. The van der Waals surface area contributed by atoms with Gasteiger partial charge in [0.05, 0.1) is 19.8 Å². The number of hydrazine groups is 1. The zero-order valence-corrected chi connectivity index (χ0v) is 23.8. The maximum atomic E-state index is 13.0. The molecular weight excluding hydrogens is 538 g/mol. The van der Waals surface area contributed by atoms with Crippen LogP contribution in [0.4, 0.5) is 4.79 Å². The molecule has 1 aliphatic rings. The van der Waals surface area contributed by atoms with Crippen molar-refractivity contribution < 1.29 is 33.4 Å². The lowest BCUT2D eigenvalue weighted by atomic mass is 10.1. The first-order valence-corrected chi connectivity index (χ1v) is 14.3. The SMILES string of the molecule is NCCCC[C@@H]1NC(=O)COCCOCCNC(=O)[C@H](CCCCN)NC(=O)N[C@@H](CCCCN)C(=O)NNC1=O. The summed E-state index contributed by atoms with van der Waals surface area (Å²) in [5.41, 5.74) is 21.4. The van der Waals surface area contributed by atoms with E-state index in [4.69, 9.17) is 26.7 Å². The lowest BCUT2D eigenvalue weighted by Crippen LogP contribution is -2.58. The van der Waals surface area contributed by atoms with Crippen LogP contribution in [0.2, 0.25) is 0 Å². The van der Waals surface area contributed by atoms with Gasteiger partial charge in [-0.3, -0.25) is 30.0 Å². The fraction of sp³-hybridized carbons (Fsp3) is 0.800. The topological polar surface area (TPSA) is 254 Å². The highest BCUT2D eigenvalue weighted by atomic mass is 16.5. The van der Waals surface area contributed by atoms with Gasteiger partial charge in [0.25, 0.3) is 11.8 Å². The molecule has 0 aromatic rings. The molecule has 1 heterocycles. The van der Waals surface area contributed by atoms with Crippen LogP contribution < -0.4 is 49.3 Å². The highest BCUT2D eigenvalue weighted by Gasteiger charge is 2.26. The zero-order valence-electron chi connectivity index (χ0n) is 23.8. The number of hydrogen-bond acceptors (Lipinski definition) is 10. The number of carbonyl (C=O) groups excluding carboxylic acids is 5. The minimum absolute atomic E-state index is 0.121. The number of amides is 6. The van der Waals surface area contributed by atoms with E-state index in [-0.39, 0.29) is 39.4 Å². The van der Waals surface area contributed by atoms with Crippen LogP contribution >= 0.6 is 0 Å². The number of unbranched alkanes of at least 4 members (excludes halogenated alkanes) is 3. The van der Waals surface area contributed by atoms with E-state index in [0.29, 0.717) is 71.0 Å². The molecule has 0 aliphatic carbocycles. The summed E-state index contributed by atoms with van der Waals surface area (Å²) in [4.78, 5) is 63.8. The summed E-state index contributed by atoms with van der Waals surface area (Å²) in [6, 6.07) is -3.56. The Balaban J connectivity index is 3.03. The van der Waals surface area contributed by atoms with Gasteiger partial charge in [-0.05, 0) is 77.4 Å². The molecule has 1 saturated heterocycles. The third-order valence-corrected chi connectivity index (χ3v) is 6.20. The second-order valence-electron chi connectivity index (χ2n) is 9.63. The largest absolute Gasteiger partial charge is 0.377 e. The predicted octanol–water partition coefficient (Wildman–Crippen LogP) is -2.80. The minimum atomic E-state index is -1.03. The molecule has 3 atom stereocenters. The van der Waals surface area contributed by atoms with Crippen LogP contribution in [0.5, 0.6) is 0 Å². The van der Waals surface area contributed by atoms with E-state index in [0.717, 1.165) is 0 Å². The molecule has 0 unspecified atom stereocenters. The van der Waals surface area contributed by atoms with Gasteiger partial charge in [-0.15, -0.1) is 0 Å². The van der Waals surface area contributed by atoms with Gasteiger partial charge in [0, 0.05) is 6.54 Å². The summed E-state index contributed by atoms with van der Waals surface area (Å²) in [7, 11) is 0. The van der Waals surface area contributed by atoms with E-state index in [2.05, 4.69) is 32.1 Å². The number of nitrogens with one attached hydrogen (secondary N) is 6. The molecule has 0 spiro atoms. The molecule has 0 bridgehead atoms. The molecule has 6 amide bonds. The van der Waals surface area contributed by atoms with E-state index in [1.165, 1.54) is 0 Å². The van der Waals surface area contributed by atoms with Crippen molar-refractivity contribution in [2.24, 2.45) is 17.2 Å². The first kappa shape index (κ1) is 36.0. The third kappa shape index (κ3) is 16.7. The molecule has 1 fully saturated rings. The summed E-state index contributed by atoms with van der Waals surface area (Å²) in [5, 5.41) is 10.5. The van der Waals surface area contributed by atoms with Crippen molar-refractivity contribution in [3.8, 4) is 0 Å². The second kappa shape index (κ2) is 22.6. The molecule has 0 radical (unpaired) electrons. The Labute approximate surface area is 241 Å². The molecule has 16 nitrogen and oxygen atoms in total. The molecule has 1 aliphatic heterocycles. The van der Waals surface area contributed by atoms with Gasteiger partial charge in [0.15, 0.2) is 0 Å². The maximum absolute atomic E-state index is 13.0. The van der Waals surface area contributed by atoms with Gasteiger partial charge in [0.2, 0.25) is 11.8 Å². The predicted molar refractivity (Wildman–Crippen MR) is 151 cm³/mol. The molecule has 16 heteroatoms. The van der Waals surface area contributed by atoms with E-state index in [1.807, 2.05) is 0 Å². The van der Waals surface area contributed by atoms with E-state index < -0.39 is 47.8 Å². The minimum Gasteiger partial charge on any atom is -0.377 e. The van der Waals surface area contributed by atoms with E-state index in [1.54, 1.807) is 0 Å². The van der Waals surface area contributed by atoms with Crippen molar-refractivity contribution in [3.63, 3.8) is 0 Å². The Kier molecular flexibility index (Phi) is 19.8. The summed E-state index contributed by atoms with van der Waals surface area (Å²) in [6.45, 7) is 1.67. The highest BCUT2D eigenvalue weighted by Crippen LogP contribution is 2.05. The lowest BCUT2D eigenvalue weighted by Gasteiger charge is -2.23. The Morgan fingerprint density at radius 1 is 0.585 bits per heavy atom. The number of nitrogens with two attached hydrogens (primary N) is 3. The summed E-state index contributed by atoms with van der Waals surface area (Å²) >= 11 is 0. The van der Waals surface area contributed by atoms with Crippen LogP contribution in [-0.2, 0) is 28.7 Å². The van der Waals surface area contributed by atoms with Gasteiger partial charge >= 0.3 is 6.03 Å². The first-order valence-electron chi connectivity index (χ1n) is 14.3. The van der Waals surface area contributed by atoms with Crippen molar-refractivity contribution >= 4 is 29.7 Å². The van der Waals surface area contributed by atoms with Crippen molar-refractivity contribution in [1.29, 1.82) is 0 Å². The fourth-order valence-electron chi connectivity index (χ4n) is 3.93. The Hall–Kier alpha value is -3.05. The van der Waals surface area contributed by atoms with Crippen LogP contribution in [-0.4, -0.2) is 100 Å². The molecule has 0 aromatic heterocycles.